The number of thiocarbonyl (C=S) groups is 1. The summed E-state index contributed by atoms with van der Waals surface area (Å²) in [5, 5.41) is 3.37. The van der Waals surface area contributed by atoms with Crippen LogP contribution in [0.3, 0.4) is 0 Å². The SMILES string of the molecule is CSCC(=O)NNC(=S)Nc1ccc(C(C)C)cc1. The van der Waals surface area contributed by atoms with Gasteiger partial charge in [0.15, 0.2) is 5.11 Å². The van der Waals surface area contributed by atoms with Crippen molar-refractivity contribution >= 4 is 40.7 Å². The third kappa shape index (κ3) is 5.94. The fourth-order valence-corrected chi connectivity index (χ4v) is 1.91. The summed E-state index contributed by atoms with van der Waals surface area (Å²) in [6.45, 7) is 4.30. The molecule has 4 nitrogen and oxygen atoms in total. The van der Waals surface area contributed by atoms with Gasteiger partial charge in [-0.1, -0.05) is 26.0 Å². The van der Waals surface area contributed by atoms with Gasteiger partial charge < -0.3 is 5.32 Å². The van der Waals surface area contributed by atoms with E-state index in [0.29, 0.717) is 16.8 Å². The van der Waals surface area contributed by atoms with Gasteiger partial charge in [-0.05, 0) is 42.1 Å². The molecule has 6 heteroatoms. The topological polar surface area (TPSA) is 53.2 Å². The lowest BCUT2D eigenvalue weighted by Gasteiger charge is -2.12. The van der Waals surface area contributed by atoms with Crippen LogP contribution in [0, 0.1) is 0 Å². The molecule has 1 aromatic rings. The van der Waals surface area contributed by atoms with Gasteiger partial charge in [0.2, 0.25) is 5.91 Å². The largest absolute Gasteiger partial charge is 0.331 e. The number of nitrogens with one attached hydrogen (secondary N) is 3. The van der Waals surface area contributed by atoms with Crippen LogP contribution in [0.1, 0.15) is 25.3 Å². The molecule has 0 saturated heterocycles. The summed E-state index contributed by atoms with van der Waals surface area (Å²) < 4.78 is 0. The lowest BCUT2D eigenvalue weighted by atomic mass is 10.0. The number of amides is 1. The molecular formula is C13H19N3OS2. The zero-order valence-electron chi connectivity index (χ0n) is 11.3. The molecule has 0 aliphatic heterocycles. The number of anilines is 1. The van der Waals surface area contributed by atoms with Gasteiger partial charge in [-0.3, -0.25) is 15.6 Å². The van der Waals surface area contributed by atoms with Crippen molar-refractivity contribution in [1.29, 1.82) is 0 Å². The molecule has 0 spiro atoms. The Kier molecular flexibility index (Phi) is 6.66. The highest BCUT2D eigenvalue weighted by Gasteiger charge is 2.02. The fourth-order valence-electron chi connectivity index (χ4n) is 1.41. The highest BCUT2D eigenvalue weighted by molar-refractivity contribution is 7.99. The van der Waals surface area contributed by atoms with E-state index in [2.05, 4.69) is 42.1 Å². The molecule has 0 radical (unpaired) electrons. The highest BCUT2D eigenvalue weighted by atomic mass is 32.2. The summed E-state index contributed by atoms with van der Waals surface area (Å²) in [7, 11) is 0. The van der Waals surface area contributed by atoms with E-state index in [1.807, 2.05) is 18.4 Å². The maximum atomic E-state index is 11.2. The van der Waals surface area contributed by atoms with Gasteiger partial charge in [0.25, 0.3) is 0 Å². The van der Waals surface area contributed by atoms with Crippen LogP contribution >= 0.6 is 24.0 Å². The smallest absolute Gasteiger partial charge is 0.248 e. The summed E-state index contributed by atoms with van der Waals surface area (Å²) in [5.41, 5.74) is 7.35. The molecule has 19 heavy (non-hydrogen) atoms. The van der Waals surface area contributed by atoms with E-state index < -0.39 is 0 Å². The molecule has 0 saturated carbocycles. The first-order valence-electron chi connectivity index (χ1n) is 5.97. The molecule has 3 N–H and O–H groups in total. The van der Waals surface area contributed by atoms with Crippen molar-refractivity contribution in [2.75, 3.05) is 17.3 Å². The van der Waals surface area contributed by atoms with Crippen LogP contribution in [0.2, 0.25) is 0 Å². The van der Waals surface area contributed by atoms with Gasteiger partial charge in [-0.2, -0.15) is 11.8 Å². The number of hydrogen-bond donors (Lipinski definition) is 3. The van der Waals surface area contributed by atoms with E-state index >= 15 is 0 Å². The molecule has 104 valence electrons. The Morgan fingerprint density at radius 2 is 1.89 bits per heavy atom. The standard InChI is InChI=1S/C13H19N3OS2/c1-9(2)10-4-6-11(7-5-10)14-13(18)16-15-12(17)8-19-3/h4-7,9H,8H2,1-3H3,(H,15,17)(H2,14,16,18). The number of benzene rings is 1. The molecule has 0 unspecified atom stereocenters. The molecule has 0 aromatic heterocycles. The normalized spacial score (nSPS) is 10.1. The number of carbonyl (C=O) groups is 1. The first kappa shape index (κ1) is 15.8. The van der Waals surface area contributed by atoms with Crippen LogP contribution in [-0.4, -0.2) is 23.0 Å². The third-order valence-corrected chi connectivity index (χ3v) is 3.18. The number of hydrogen-bond acceptors (Lipinski definition) is 3. The van der Waals surface area contributed by atoms with E-state index in [4.69, 9.17) is 12.2 Å². The van der Waals surface area contributed by atoms with Crippen molar-refractivity contribution in [2.45, 2.75) is 19.8 Å². The Labute approximate surface area is 123 Å². The molecule has 0 bridgehead atoms. The quantitative estimate of drug-likeness (QED) is 0.589. The Hall–Kier alpha value is -1.27. The minimum atomic E-state index is -0.105. The highest BCUT2D eigenvalue weighted by Crippen LogP contribution is 2.16. The monoisotopic (exact) mass is 297 g/mol. The van der Waals surface area contributed by atoms with Gasteiger partial charge >= 0.3 is 0 Å². The average molecular weight is 297 g/mol. The van der Waals surface area contributed by atoms with E-state index in [1.165, 1.54) is 17.3 Å². The van der Waals surface area contributed by atoms with Crippen molar-refractivity contribution in [1.82, 2.24) is 10.9 Å². The summed E-state index contributed by atoms with van der Waals surface area (Å²) in [6.07, 6.45) is 1.87. The van der Waals surface area contributed by atoms with E-state index in [-0.39, 0.29) is 5.91 Å². The van der Waals surface area contributed by atoms with Crippen molar-refractivity contribution < 1.29 is 4.79 Å². The van der Waals surface area contributed by atoms with Crippen LogP contribution in [0.15, 0.2) is 24.3 Å². The second kappa shape index (κ2) is 8.01. The lowest BCUT2D eigenvalue weighted by molar-refractivity contribution is -0.119. The summed E-state index contributed by atoms with van der Waals surface area (Å²) in [6, 6.07) is 8.05. The molecule has 1 amide bonds. The molecule has 1 rings (SSSR count). The zero-order valence-corrected chi connectivity index (χ0v) is 13.0. The molecule has 0 fully saturated rings. The molecule has 0 heterocycles. The second-order valence-electron chi connectivity index (χ2n) is 4.34. The van der Waals surface area contributed by atoms with Crippen LogP contribution in [-0.2, 0) is 4.79 Å². The van der Waals surface area contributed by atoms with E-state index in [9.17, 15) is 4.79 Å². The average Bonchev–Trinajstić information content (AvgIpc) is 2.37. The van der Waals surface area contributed by atoms with Crippen LogP contribution in [0.5, 0.6) is 0 Å². The number of carbonyl (C=O) groups excluding carboxylic acids is 1. The van der Waals surface area contributed by atoms with Gasteiger partial charge in [0.1, 0.15) is 0 Å². The minimum absolute atomic E-state index is 0.105. The summed E-state index contributed by atoms with van der Waals surface area (Å²) in [4.78, 5) is 11.2. The first-order valence-corrected chi connectivity index (χ1v) is 7.78. The maximum Gasteiger partial charge on any atom is 0.248 e. The third-order valence-electron chi connectivity index (χ3n) is 2.43. The Morgan fingerprint density at radius 3 is 2.42 bits per heavy atom. The maximum absolute atomic E-state index is 11.2. The molecule has 0 atom stereocenters. The van der Waals surface area contributed by atoms with Crippen molar-refractivity contribution in [3.8, 4) is 0 Å². The van der Waals surface area contributed by atoms with Crippen molar-refractivity contribution in [2.24, 2.45) is 0 Å². The lowest BCUT2D eigenvalue weighted by Crippen LogP contribution is -2.44. The van der Waals surface area contributed by atoms with Gasteiger partial charge in [-0.25, -0.2) is 0 Å². The fraction of sp³-hybridized carbons (Fsp3) is 0.385. The van der Waals surface area contributed by atoms with Crippen LogP contribution in [0.4, 0.5) is 5.69 Å². The predicted octanol–water partition coefficient (Wildman–Crippen LogP) is 2.49. The Balaban J connectivity index is 2.42. The van der Waals surface area contributed by atoms with E-state index in [1.54, 1.807) is 0 Å². The predicted molar refractivity (Wildman–Crippen MR) is 86.4 cm³/mol. The number of rotatable bonds is 4. The summed E-state index contributed by atoms with van der Waals surface area (Å²) in [5.74, 6) is 0.801. The second-order valence-corrected chi connectivity index (χ2v) is 5.61. The minimum Gasteiger partial charge on any atom is -0.331 e. The summed E-state index contributed by atoms with van der Waals surface area (Å²) >= 11 is 6.53. The van der Waals surface area contributed by atoms with E-state index in [0.717, 1.165) is 5.69 Å². The zero-order chi connectivity index (χ0) is 14.3. The van der Waals surface area contributed by atoms with Gasteiger partial charge in [0, 0.05) is 5.69 Å². The van der Waals surface area contributed by atoms with Gasteiger partial charge in [-0.15, -0.1) is 0 Å². The number of thioether (sulfide) groups is 1. The molecule has 1 aromatic carbocycles. The van der Waals surface area contributed by atoms with Gasteiger partial charge in [0.05, 0.1) is 5.75 Å². The molecular weight excluding hydrogens is 278 g/mol. The molecule has 0 aliphatic rings. The molecule has 0 aliphatic carbocycles. The first-order chi connectivity index (χ1) is 9.02. The van der Waals surface area contributed by atoms with Crippen LogP contribution in [0.25, 0.3) is 0 Å². The van der Waals surface area contributed by atoms with Crippen molar-refractivity contribution in [3.63, 3.8) is 0 Å². The number of hydrazine groups is 1. The van der Waals surface area contributed by atoms with Crippen molar-refractivity contribution in [3.05, 3.63) is 29.8 Å². The Bertz CT molecular complexity index is 432. The Morgan fingerprint density at radius 1 is 1.26 bits per heavy atom. The van der Waals surface area contributed by atoms with Crippen LogP contribution < -0.4 is 16.2 Å².